The van der Waals surface area contributed by atoms with Crippen LogP contribution in [-0.4, -0.2) is 17.0 Å². The summed E-state index contributed by atoms with van der Waals surface area (Å²) in [5.74, 6) is 0.260. The van der Waals surface area contributed by atoms with Gasteiger partial charge in [0.15, 0.2) is 0 Å². The highest BCUT2D eigenvalue weighted by molar-refractivity contribution is 7.07. The molecule has 1 N–H and O–H groups in total. The number of aryl methyl sites for hydroxylation is 1. The first-order chi connectivity index (χ1) is 10.1. The third-order valence-corrected chi connectivity index (χ3v) is 4.39. The second-order valence-electron chi connectivity index (χ2n) is 5.16. The highest BCUT2D eigenvalue weighted by Crippen LogP contribution is 2.13. The molecule has 2 rings (SSSR count). The van der Waals surface area contributed by atoms with Crippen molar-refractivity contribution < 1.29 is 4.79 Å². The monoisotopic (exact) mass is 304 g/mol. The molecule has 4 nitrogen and oxygen atoms in total. The molecule has 0 aliphatic rings. The molecule has 2 aromatic rings. The number of nitrogens with zero attached hydrogens (tertiary/aromatic N) is 1. The number of benzene rings is 1. The number of thiazole rings is 1. The van der Waals surface area contributed by atoms with Gasteiger partial charge in [0.05, 0.1) is 0 Å². The van der Waals surface area contributed by atoms with Crippen LogP contribution in [0.3, 0.4) is 0 Å². The second-order valence-corrected chi connectivity index (χ2v) is 5.98. The molecule has 1 aromatic carbocycles. The Bertz CT molecular complexity index is 646. The zero-order valence-corrected chi connectivity index (χ0v) is 13.2. The van der Waals surface area contributed by atoms with Crippen LogP contribution in [0.2, 0.25) is 0 Å². The number of amides is 1. The molecule has 21 heavy (non-hydrogen) atoms. The quantitative estimate of drug-likeness (QED) is 0.891. The molecule has 0 fully saturated rings. The van der Waals surface area contributed by atoms with Crippen molar-refractivity contribution in [3.8, 4) is 0 Å². The number of carbonyl (C=O) groups is 1. The Morgan fingerprint density at radius 2 is 2.05 bits per heavy atom. The van der Waals surface area contributed by atoms with E-state index in [1.165, 1.54) is 16.9 Å². The highest BCUT2D eigenvalue weighted by atomic mass is 32.1. The van der Waals surface area contributed by atoms with Gasteiger partial charge in [-0.2, -0.15) is 0 Å². The van der Waals surface area contributed by atoms with Crippen LogP contribution in [-0.2, 0) is 11.3 Å². The van der Waals surface area contributed by atoms with Gasteiger partial charge in [0, 0.05) is 30.6 Å². The Morgan fingerprint density at radius 1 is 1.33 bits per heavy atom. The summed E-state index contributed by atoms with van der Waals surface area (Å²) in [4.78, 5) is 23.4. The second kappa shape index (κ2) is 7.22. The Morgan fingerprint density at radius 3 is 2.67 bits per heavy atom. The lowest BCUT2D eigenvalue weighted by Crippen LogP contribution is -2.29. The molecule has 0 saturated carbocycles. The largest absolute Gasteiger partial charge is 0.355 e. The first-order valence-corrected chi connectivity index (χ1v) is 7.92. The van der Waals surface area contributed by atoms with E-state index in [9.17, 15) is 9.59 Å². The van der Waals surface area contributed by atoms with Gasteiger partial charge in [-0.1, -0.05) is 48.6 Å². The maximum absolute atomic E-state index is 11.9. The molecule has 5 heteroatoms. The lowest BCUT2D eigenvalue weighted by Gasteiger charge is -2.13. The van der Waals surface area contributed by atoms with E-state index in [0.717, 1.165) is 5.69 Å². The van der Waals surface area contributed by atoms with Crippen molar-refractivity contribution in [1.82, 2.24) is 9.88 Å². The van der Waals surface area contributed by atoms with Crippen LogP contribution in [0.1, 0.15) is 30.5 Å². The fourth-order valence-electron chi connectivity index (χ4n) is 2.14. The SMILES string of the molecule is Cc1csc(=O)n1CCC(=O)NC[C@H](C)c1ccccc1. The van der Waals surface area contributed by atoms with Crippen molar-refractivity contribution in [2.45, 2.75) is 32.7 Å². The van der Waals surface area contributed by atoms with Crippen molar-refractivity contribution in [2.24, 2.45) is 0 Å². The van der Waals surface area contributed by atoms with Gasteiger partial charge in [-0.25, -0.2) is 0 Å². The maximum Gasteiger partial charge on any atom is 0.307 e. The molecule has 0 saturated heterocycles. The third kappa shape index (κ3) is 4.29. The van der Waals surface area contributed by atoms with E-state index in [0.29, 0.717) is 19.5 Å². The molecule has 1 aromatic heterocycles. The summed E-state index contributed by atoms with van der Waals surface area (Å²) in [6, 6.07) is 10.1. The summed E-state index contributed by atoms with van der Waals surface area (Å²) in [5.41, 5.74) is 2.12. The van der Waals surface area contributed by atoms with E-state index >= 15 is 0 Å². The minimum atomic E-state index is -0.0183. The molecule has 1 heterocycles. The van der Waals surface area contributed by atoms with Gasteiger partial charge in [0.1, 0.15) is 0 Å². The van der Waals surface area contributed by atoms with E-state index in [2.05, 4.69) is 24.4 Å². The Balaban J connectivity index is 1.79. The minimum Gasteiger partial charge on any atom is -0.355 e. The van der Waals surface area contributed by atoms with Gasteiger partial charge >= 0.3 is 4.87 Å². The molecule has 0 aliphatic carbocycles. The average Bonchev–Trinajstić information content (AvgIpc) is 2.82. The summed E-state index contributed by atoms with van der Waals surface area (Å²) in [5, 5.41) is 4.75. The number of aromatic nitrogens is 1. The number of hydrogen-bond donors (Lipinski definition) is 1. The van der Waals surface area contributed by atoms with Crippen LogP contribution < -0.4 is 10.2 Å². The van der Waals surface area contributed by atoms with Crippen LogP contribution in [0.25, 0.3) is 0 Å². The predicted octanol–water partition coefficient (Wildman–Crippen LogP) is 2.53. The van der Waals surface area contributed by atoms with Gasteiger partial charge < -0.3 is 9.88 Å². The fraction of sp³-hybridized carbons (Fsp3) is 0.375. The standard InChI is InChI=1S/C16H20N2O2S/c1-12(14-6-4-3-5-7-14)10-17-15(19)8-9-18-13(2)11-21-16(18)20/h3-7,11-12H,8-10H2,1-2H3,(H,17,19)/t12-/m0/s1. The Labute approximate surface area is 128 Å². The smallest absolute Gasteiger partial charge is 0.307 e. The van der Waals surface area contributed by atoms with Crippen molar-refractivity contribution in [3.63, 3.8) is 0 Å². The van der Waals surface area contributed by atoms with Crippen LogP contribution in [0.15, 0.2) is 40.5 Å². The number of rotatable bonds is 6. The molecule has 112 valence electrons. The molecule has 0 spiro atoms. The number of carbonyl (C=O) groups excluding carboxylic acids is 1. The van der Waals surface area contributed by atoms with Crippen LogP contribution in [0.4, 0.5) is 0 Å². The summed E-state index contributed by atoms with van der Waals surface area (Å²) >= 11 is 1.17. The fourth-order valence-corrected chi connectivity index (χ4v) is 2.90. The van der Waals surface area contributed by atoms with Gasteiger partial charge in [-0.05, 0) is 18.4 Å². The lowest BCUT2D eigenvalue weighted by atomic mass is 10.0. The predicted molar refractivity (Wildman–Crippen MR) is 85.8 cm³/mol. The minimum absolute atomic E-state index is 0.00189. The summed E-state index contributed by atoms with van der Waals surface area (Å²) in [6.07, 6.45) is 0.332. The highest BCUT2D eigenvalue weighted by Gasteiger charge is 2.09. The summed E-state index contributed by atoms with van der Waals surface area (Å²) in [7, 11) is 0. The lowest BCUT2D eigenvalue weighted by molar-refractivity contribution is -0.121. The molecule has 1 atom stereocenters. The third-order valence-electron chi connectivity index (χ3n) is 3.51. The zero-order valence-electron chi connectivity index (χ0n) is 12.3. The van der Waals surface area contributed by atoms with Gasteiger partial charge in [-0.3, -0.25) is 9.59 Å². The maximum atomic E-state index is 11.9. The summed E-state index contributed by atoms with van der Waals surface area (Å²) < 4.78 is 1.64. The van der Waals surface area contributed by atoms with E-state index in [1.807, 2.05) is 30.5 Å². The van der Waals surface area contributed by atoms with Crippen molar-refractivity contribution in [2.75, 3.05) is 6.54 Å². The molecule has 0 bridgehead atoms. The first kappa shape index (κ1) is 15.5. The van der Waals surface area contributed by atoms with E-state index in [-0.39, 0.29) is 16.7 Å². The summed E-state index contributed by atoms with van der Waals surface area (Å²) in [6.45, 7) is 5.02. The van der Waals surface area contributed by atoms with Gasteiger partial charge in [-0.15, -0.1) is 0 Å². The van der Waals surface area contributed by atoms with Crippen LogP contribution in [0.5, 0.6) is 0 Å². The average molecular weight is 304 g/mol. The van der Waals surface area contributed by atoms with E-state index in [4.69, 9.17) is 0 Å². The number of hydrogen-bond acceptors (Lipinski definition) is 3. The molecule has 0 aliphatic heterocycles. The van der Waals surface area contributed by atoms with Gasteiger partial charge in [0.25, 0.3) is 0 Å². The molecule has 1 amide bonds. The van der Waals surface area contributed by atoms with Crippen molar-refractivity contribution in [3.05, 3.63) is 56.6 Å². The normalized spacial score (nSPS) is 12.1. The molecular formula is C16H20N2O2S. The molecular weight excluding hydrogens is 284 g/mol. The van der Waals surface area contributed by atoms with E-state index < -0.39 is 0 Å². The molecule has 0 unspecified atom stereocenters. The Kier molecular flexibility index (Phi) is 5.33. The number of nitrogens with one attached hydrogen (secondary N) is 1. The first-order valence-electron chi connectivity index (χ1n) is 7.04. The molecule has 0 radical (unpaired) electrons. The van der Waals surface area contributed by atoms with E-state index in [1.54, 1.807) is 4.57 Å². The van der Waals surface area contributed by atoms with Crippen molar-refractivity contribution >= 4 is 17.2 Å². The zero-order chi connectivity index (χ0) is 15.2. The van der Waals surface area contributed by atoms with Crippen molar-refractivity contribution in [1.29, 1.82) is 0 Å². The van der Waals surface area contributed by atoms with Crippen LogP contribution >= 0.6 is 11.3 Å². The van der Waals surface area contributed by atoms with Crippen LogP contribution in [0, 0.1) is 6.92 Å². The topological polar surface area (TPSA) is 51.1 Å². The van der Waals surface area contributed by atoms with Gasteiger partial charge in [0.2, 0.25) is 5.91 Å². The Hall–Kier alpha value is -1.88.